The summed E-state index contributed by atoms with van der Waals surface area (Å²) in [6.07, 6.45) is 1.82. The van der Waals surface area contributed by atoms with Gasteiger partial charge in [-0.1, -0.05) is 12.1 Å². The highest BCUT2D eigenvalue weighted by Gasteiger charge is 2.20. The number of aromatic nitrogens is 1. The first-order chi connectivity index (χ1) is 7.84. The van der Waals surface area contributed by atoms with Crippen molar-refractivity contribution in [3.8, 4) is 0 Å². The number of hydrogen-bond acceptors (Lipinski definition) is 4. The van der Waals surface area contributed by atoms with Crippen molar-refractivity contribution >= 4 is 28.4 Å². The van der Waals surface area contributed by atoms with Crippen molar-refractivity contribution in [1.82, 2.24) is 4.98 Å². The molecule has 4 heteroatoms. The highest BCUT2D eigenvalue weighted by Crippen LogP contribution is 2.33. The van der Waals surface area contributed by atoms with E-state index in [-0.39, 0.29) is 0 Å². The van der Waals surface area contributed by atoms with Gasteiger partial charge in [0.1, 0.15) is 0 Å². The van der Waals surface area contributed by atoms with Crippen LogP contribution in [0.2, 0.25) is 0 Å². The van der Waals surface area contributed by atoms with E-state index in [0.29, 0.717) is 5.25 Å². The minimum absolute atomic E-state index is 0.576. The Kier molecular flexibility index (Phi) is 2.46. The number of benzene rings is 1. The van der Waals surface area contributed by atoms with Gasteiger partial charge in [-0.2, -0.15) is 0 Å². The topological polar surface area (TPSA) is 48.1 Å². The van der Waals surface area contributed by atoms with Crippen LogP contribution in [0, 0.1) is 0 Å². The molecule has 1 aliphatic rings. The molecule has 2 aromatic rings. The molecule has 16 heavy (non-hydrogen) atoms. The third-order valence-electron chi connectivity index (χ3n) is 2.66. The van der Waals surface area contributed by atoms with E-state index in [1.807, 2.05) is 36.2 Å². The molecule has 0 spiro atoms. The van der Waals surface area contributed by atoms with Crippen molar-refractivity contribution in [2.24, 2.45) is 0 Å². The first-order valence-corrected chi connectivity index (χ1v) is 6.10. The quantitative estimate of drug-likeness (QED) is 0.807. The summed E-state index contributed by atoms with van der Waals surface area (Å²) in [5.74, 6) is 0. The zero-order valence-electron chi connectivity index (χ0n) is 8.72. The van der Waals surface area contributed by atoms with Crippen molar-refractivity contribution in [1.29, 1.82) is 0 Å². The molecule has 0 bridgehead atoms. The van der Waals surface area contributed by atoms with E-state index in [0.717, 1.165) is 29.8 Å². The fraction of sp³-hybridized carbons (Fsp3) is 0.250. The second-order valence-electron chi connectivity index (χ2n) is 3.83. The van der Waals surface area contributed by atoms with Gasteiger partial charge >= 0.3 is 0 Å². The second-order valence-corrected chi connectivity index (χ2v) is 5.17. The van der Waals surface area contributed by atoms with E-state index >= 15 is 0 Å². The van der Waals surface area contributed by atoms with E-state index in [1.54, 1.807) is 0 Å². The molecule has 0 unspecified atom stereocenters. The van der Waals surface area contributed by atoms with Crippen molar-refractivity contribution in [2.45, 2.75) is 10.1 Å². The first kappa shape index (κ1) is 9.93. The van der Waals surface area contributed by atoms with Gasteiger partial charge in [-0.25, -0.2) is 0 Å². The maximum Gasteiger partial charge on any atom is 0.0942 e. The maximum absolute atomic E-state index is 5.91. The Morgan fingerprint density at radius 1 is 1.31 bits per heavy atom. The zero-order chi connectivity index (χ0) is 11.0. The van der Waals surface area contributed by atoms with E-state index < -0.39 is 0 Å². The molecule has 0 atom stereocenters. The first-order valence-electron chi connectivity index (χ1n) is 5.22. The van der Waals surface area contributed by atoms with Gasteiger partial charge in [0.2, 0.25) is 0 Å². The summed E-state index contributed by atoms with van der Waals surface area (Å²) < 4.78 is 5.18. The van der Waals surface area contributed by atoms with Crippen LogP contribution in [0.3, 0.4) is 0 Å². The van der Waals surface area contributed by atoms with Gasteiger partial charge in [-0.15, -0.1) is 11.8 Å². The minimum atomic E-state index is 0.576. The average Bonchev–Trinajstić information content (AvgIpc) is 2.24. The normalized spacial score (nSPS) is 16.2. The SMILES string of the molecule is Nc1cccc2c(SC3COC3)ccnc12. The molecule has 1 aromatic heterocycles. The Hall–Kier alpha value is -1.26. The fourth-order valence-corrected chi connectivity index (χ4v) is 2.86. The van der Waals surface area contributed by atoms with Crippen molar-refractivity contribution in [3.63, 3.8) is 0 Å². The lowest BCUT2D eigenvalue weighted by molar-refractivity contribution is 0.0455. The molecule has 2 heterocycles. The van der Waals surface area contributed by atoms with Gasteiger partial charge in [0.25, 0.3) is 0 Å². The van der Waals surface area contributed by atoms with E-state index in [1.165, 1.54) is 4.90 Å². The lowest BCUT2D eigenvalue weighted by Gasteiger charge is -2.25. The van der Waals surface area contributed by atoms with Crippen LogP contribution in [-0.4, -0.2) is 23.4 Å². The molecular formula is C12H12N2OS. The van der Waals surface area contributed by atoms with Crippen LogP contribution in [0.1, 0.15) is 0 Å². The average molecular weight is 232 g/mol. The number of hydrogen-bond donors (Lipinski definition) is 1. The summed E-state index contributed by atoms with van der Waals surface area (Å²) >= 11 is 1.85. The minimum Gasteiger partial charge on any atom is -0.397 e. The molecule has 3 rings (SSSR count). The van der Waals surface area contributed by atoms with Crippen molar-refractivity contribution in [3.05, 3.63) is 30.5 Å². The molecule has 82 valence electrons. The van der Waals surface area contributed by atoms with Crippen molar-refractivity contribution < 1.29 is 4.74 Å². The van der Waals surface area contributed by atoms with E-state index in [9.17, 15) is 0 Å². The molecule has 1 aliphatic heterocycles. The number of nitrogen functional groups attached to an aromatic ring is 1. The largest absolute Gasteiger partial charge is 0.397 e. The maximum atomic E-state index is 5.91. The predicted molar refractivity (Wildman–Crippen MR) is 66.6 cm³/mol. The number of nitrogens with zero attached hydrogens (tertiary/aromatic N) is 1. The van der Waals surface area contributed by atoms with E-state index in [2.05, 4.69) is 11.1 Å². The van der Waals surface area contributed by atoms with Gasteiger partial charge in [0.15, 0.2) is 0 Å². The van der Waals surface area contributed by atoms with Gasteiger partial charge in [0.05, 0.1) is 29.7 Å². The highest BCUT2D eigenvalue weighted by atomic mass is 32.2. The third-order valence-corrected chi connectivity index (χ3v) is 3.88. The van der Waals surface area contributed by atoms with Crippen LogP contribution in [0.15, 0.2) is 35.4 Å². The molecule has 2 N–H and O–H groups in total. The zero-order valence-corrected chi connectivity index (χ0v) is 9.54. The number of pyridine rings is 1. The molecule has 1 fully saturated rings. The summed E-state index contributed by atoms with van der Waals surface area (Å²) in [5, 5.41) is 1.71. The van der Waals surface area contributed by atoms with Gasteiger partial charge in [0, 0.05) is 16.5 Å². The smallest absolute Gasteiger partial charge is 0.0942 e. The van der Waals surface area contributed by atoms with Crippen LogP contribution < -0.4 is 5.73 Å². The van der Waals surface area contributed by atoms with Gasteiger partial charge in [-0.3, -0.25) is 4.98 Å². The summed E-state index contributed by atoms with van der Waals surface area (Å²) in [6.45, 7) is 1.69. The highest BCUT2D eigenvalue weighted by molar-refractivity contribution is 8.00. The molecule has 1 saturated heterocycles. The predicted octanol–water partition coefficient (Wildman–Crippen LogP) is 2.31. The third kappa shape index (κ3) is 1.64. The van der Waals surface area contributed by atoms with Crippen LogP contribution in [0.5, 0.6) is 0 Å². The Morgan fingerprint density at radius 3 is 2.94 bits per heavy atom. The number of ether oxygens (including phenoxy) is 1. The molecule has 0 saturated carbocycles. The van der Waals surface area contributed by atoms with Crippen LogP contribution in [0.25, 0.3) is 10.9 Å². The summed E-state index contributed by atoms with van der Waals surface area (Å²) in [5.41, 5.74) is 7.54. The van der Waals surface area contributed by atoms with Crippen LogP contribution >= 0.6 is 11.8 Å². The number of para-hydroxylation sites is 1. The monoisotopic (exact) mass is 232 g/mol. The molecule has 0 amide bonds. The summed E-state index contributed by atoms with van der Waals surface area (Å²) in [4.78, 5) is 5.56. The molecular weight excluding hydrogens is 220 g/mol. The Morgan fingerprint density at radius 2 is 2.19 bits per heavy atom. The fourth-order valence-electron chi connectivity index (χ4n) is 1.74. The number of fused-ring (bicyclic) bond motifs is 1. The standard InChI is InChI=1S/C12H12N2OS/c13-10-3-1-2-9-11(4-5-14-12(9)10)16-8-6-15-7-8/h1-5,8H,6-7,13H2. The number of rotatable bonds is 2. The Balaban J connectivity index is 2.06. The van der Waals surface area contributed by atoms with Crippen molar-refractivity contribution in [2.75, 3.05) is 18.9 Å². The number of anilines is 1. The Labute approximate surface area is 98.0 Å². The van der Waals surface area contributed by atoms with E-state index in [4.69, 9.17) is 10.5 Å². The lowest BCUT2D eigenvalue weighted by Crippen LogP contribution is -2.30. The van der Waals surface area contributed by atoms with Crippen LogP contribution in [-0.2, 0) is 4.74 Å². The number of thioether (sulfide) groups is 1. The van der Waals surface area contributed by atoms with Gasteiger partial charge < -0.3 is 10.5 Å². The molecule has 0 radical (unpaired) electrons. The number of nitrogens with two attached hydrogens (primary N) is 1. The second kappa shape index (κ2) is 3.96. The molecule has 1 aromatic carbocycles. The Bertz CT molecular complexity index is 525. The molecule has 3 nitrogen and oxygen atoms in total. The van der Waals surface area contributed by atoms with Gasteiger partial charge in [-0.05, 0) is 12.1 Å². The van der Waals surface area contributed by atoms with Crippen LogP contribution in [0.4, 0.5) is 5.69 Å². The summed E-state index contributed by atoms with van der Waals surface area (Å²) in [7, 11) is 0. The molecule has 0 aliphatic carbocycles. The summed E-state index contributed by atoms with van der Waals surface area (Å²) in [6, 6.07) is 7.97. The lowest BCUT2D eigenvalue weighted by atomic mass is 10.2.